The van der Waals surface area contributed by atoms with Gasteiger partial charge in [0.1, 0.15) is 0 Å². The summed E-state index contributed by atoms with van der Waals surface area (Å²) in [6.07, 6.45) is 3.89. The van der Waals surface area contributed by atoms with E-state index < -0.39 is 8.07 Å². The largest absolute Gasteiger partial charge is 2.00 e. The molecule has 8 aromatic rings. The first-order valence-electron chi connectivity index (χ1n) is 17.3. The van der Waals surface area contributed by atoms with Crippen molar-refractivity contribution >= 4 is 40.3 Å². The van der Waals surface area contributed by atoms with Crippen LogP contribution in [0.1, 0.15) is 26.3 Å². The van der Waals surface area contributed by atoms with E-state index in [1.165, 1.54) is 54.6 Å². The van der Waals surface area contributed by atoms with Gasteiger partial charge in [0.25, 0.3) is 0 Å². The van der Waals surface area contributed by atoms with E-state index in [1.807, 2.05) is 12.4 Å². The van der Waals surface area contributed by atoms with E-state index in [4.69, 9.17) is 9.97 Å². The number of benzene rings is 5. The zero-order valence-electron chi connectivity index (χ0n) is 29.4. The molecule has 1 aliphatic rings. The molecule has 4 heterocycles. The first kappa shape index (κ1) is 33.3. The maximum atomic E-state index is 5.10. The number of rotatable bonds is 4. The van der Waals surface area contributed by atoms with Gasteiger partial charge in [-0.25, -0.2) is 0 Å². The van der Waals surface area contributed by atoms with Crippen LogP contribution in [-0.4, -0.2) is 22.6 Å². The second-order valence-corrected chi connectivity index (χ2v) is 19.3. The van der Waals surface area contributed by atoms with Crippen LogP contribution in [0.25, 0.3) is 72.3 Å². The first-order chi connectivity index (χ1) is 24.2. The molecule has 0 N–H and O–H groups in total. The Balaban J connectivity index is 0.00000374. The maximum absolute atomic E-state index is 5.10. The van der Waals surface area contributed by atoms with Gasteiger partial charge in [-0.05, 0) is 52.1 Å². The summed E-state index contributed by atoms with van der Waals surface area (Å²) in [5.41, 5.74) is 13.5. The summed E-state index contributed by atoms with van der Waals surface area (Å²) >= 11 is 0. The molecule has 1 aliphatic heterocycles. The number of aromatic nitrogens is 3. The summed E-state index contributed by atoms with van der Waals surface area (Å²) in [4.78, 5) is 9.97. The van der Waals surface area contributed by atoms with Crippen molar-refractivity contribution < 1.29 is 21.1 Å². The molecule has 0 spiro atoms. The van der Waals surface area contributed by atoms with Crippen molar-refractivity contribution in [2.45, 2.75) is 39.3 Å². The molecular formula is C46H37N3PtSi. The topological polar surface area (TPSA) is 30.7 Å². The Hall–Kier alpha value is -4.89. The Bertz CT molecular complexity index is 2610. The zero-order valence-corrected chi connectivity index (χ0v) is 32.6. The summed E-state index contributed by atoms with van der Waals surface area (Å²) in [6.45, 7) is 11.6. The van der Waals surface area contributed by atoms with Gasteiger partial charge in [0, 0.05) is 40.1 Å². The molecule has 0 atom stereocenters. The standard InChI is InChI=1S/C46H37N3Si.Pt/c1-46(2,3)33-21-23-47-41(28-33)32-25-31(30-13-7-6-8-14-30)26-35(27-32)50(4,5)34-19-20-36-37-15-9-11-17-42(37)49-43-18-12-10-16-38(43)39-22-24-48-44(45(39)49)40(36)29-34;/h6-26,28H,1-5H3;/q-2;+2. The van der Waals surface area contributed by atoms with Crippen molar-refractivity contribution in [3.8, 4) is 50.5 Å². The Morgan fingerprint density at radius 1 is 0.627 bits per heavy atom. The van der Waals surface area contributed by atoms with E-state index in [2.05, 4.69) is 172 Å². The van der Waals surface area contributed by atoms with Crippen LogP contribution in [0.2, 0.25) is 13.1 Å². The number of nitrogens with zero attached hydrogens (tertiary/aromatic N) is 3. The maximum Gasteiger partial charge on any atom is 2.00 e. The van der Waals surface area contributed by atoms with Crippen molar-refractivity contribution in [3.05, 3.63) is 151 Å². The first-order valence-corrected chi connectivity index (χ1v) is 20.3. The van der Waals surface area contributed by atoms with Crippen LogP contribution >= 0.6 is 0 Å². The molecule has 0 saturated carbocycles. The van der Waals surface area contributed by atoms with Gasteiger partial charge in [0.05, 0.1) is 13.6 Å². The third-order valence-corrected chi connectivity index (χ3v) is 13.7. The molecule has 51 heavy (non-hydrogen) atoms. The fourth-order valence-electron chi connectivity index (χ4n) is 7.54. The predicted octanol–water partition coefficient (Wildman–Crippen LogP) is 10.3. The Morgan fingerprint density at radius 2 is 1.37 bits per heavy atom. The summed E-state index contributed by atoms with van der Waals surface area (Å²) < 4.78 is 2.40. The van der Waals surface area contributed by atoms with Crippen LogP contribution in [0.5, 0.6) is 0 Å². The second-order valence-electron chi connectivity index (χ2n) is 15.0. The molecule has 250 valence electrons. The normalized spacial score (nSPS) is 12.3. The van der Waals surface area contributed by atoms with E-state index >= 15 is 0 Å². The smallest absolute Gasteiger partial charge is 0.316 e. The molecule has 0 fully saturated rings. The summed E-state index contributed by atoms with van der Waals surface area (Å²) in [5.74, 6) is 0. The number of pyridine rings is 2. The van der Waals surface area contributed by atoms with E-state index in [9.17, 15) is 0 Å². The van der Waals surface area contributed by atoms with Crippen molar-refractivity contribution in [2.75, 3.05) is 0 Å². The van der Waals surface area contributed by atoms with E-state index in [0.29, 0.717) is 0 Å². The van der Waals surface area contributed by atoms with Crippen LogP contribution in [0.4, 0.5) is 0 Å². The molecule has 3 aromatic heterocycles. The average Bonchev–Trinajstić information content (AvgIpc) is 3.42. The summed E-state index contributed by atoms with van der Waals surface area (Å²) in [6, 6.07) is 51.8. The molecule has 0 bridgehead atoms. The predicted molar refractivity (Wildman–Crippen MR) is 211 cm³/mol. The van der Waals surface area contributed by atoms with Crippen LogP contribution < -0.4 is 10.4 Å². The van der Waals surface area contributed by atoms with Gasteiger partial charge in [0.15, 0.2) is 0 Å². The SMILES string of the molecule is CC(C)(C)c1ccnc(-c2[c-]c([Si](C)(C)c3[c-]c4c(cc3)-c3ccccc3-n3c5ccccc5c5ccnc-4c53)cc(-c3ccccc3)c2)c1.[Pt+2]. The molecule has 0 radical (unpaired) electrons. The van der Waals surface area contributed by atoms with Crippen LogP contribution in [0.3, 0.4) is 0 Å². The van der Waals surface area contributed by atoms with Crippen LogP contribution in [-0.2, 0) is 26.5 Å². The van der Waals surface area contributed by atoms with E-state index in [0.717, 1.165) is 33.6 Å². The van der Waals surface area contributed by atoms with Crippen LogP contribution in [0.15, 0.2) is 134 Å². The van der Waals surface area contributed by atoms with Gasteiger partial charge in [-0.3, -0.25) is 0 Å². The fraction of sp³-hybridized carbons (Fsp3) is 0.130. The van der Waals surface area contributed by atoms with Crippen LogP contribution in [0, 0.1) is 12.1 Å². The molecule has 0 aliphatic carbocycles. The van der Waals surface area contributed by atoms with Gasteiger partial charge in [-0.2, -0.15) is 0 Å². The fourth-order valence-corrected chi connectivity index (χ4v) is 9.74. The molecule has 9 rings (SSSR count). The number of hydrogen-bond acceptors (Lipinski definition) is 2. The minimum Gasteiger partial charge on any atom is -0.316 e. The Kier molecular flexibility index (Phi) is 8.09. The quantitative estimate of drug-likeness (QED) is 0.130. The molecule has 5 aromatic carbocycles. The number of fused-ring (bicyclic) bond motifs is 8. The van der Waals surface area contributed by atoms with Crippen molar-refractivity contribution in [3.63, 3.8) is 0 Å². The van der Waals surface area contributed by atoms with Crippen molar-refractivity contribution in [1.82, 2.24) is 14.5 Å². The Morgan fingerprint density at radius 3 is 2.20 bits per heavy atom. The second kappa shape index (κ2) is 12.4. The number of para-hydroxylation sites is 2. The third-order valence-electron chi connectivity index (χ3n) is 10.4. The molecule has 5 heteroatoms. The van der Waals surface area contributed by atoms with Gasteiger partial charge >= 0.3 is 21.1 Å². The van der Waals surface area contributed by atoms with E-state index in [1.54, 1.807) is 0 Å². The van der Waals surface area contributed by atoms with E-state index in [-0.39, 0.29) is 26.5 Å². The number of hydrogen-bond donors (Lipinski definition) is 0. The summed E-state index contributed by atoms with van der Waals surface area (Å²) in [5, 5.41) is 4.89. The third kappa shape index (κ3) is 5.44. The van der Waals surface area contributed by atoms with Gasteiger partial charge in [-0.15, -0.1) is 63.5 Å². The van der Waals surface area contributed by atoms with Gasteiger partial charge < -0.3 is 14.5 Å². The molecule has 0 unspecified atom stereocenters. The Labute approximate surface area is 315 Å². The van der Waals surface area contributed by atoms with Crippen molar-refractivity contribution in [2.24, 2.45) is 0 Å². The van der Waals surface area contributed by atoms with Gasteiger partial charge in [-0.1, -0.05) is 112 Å². The van der Waals surface area contributed by atoms with Crippen molar-refractivity contribution in [1.29, 1.82) is 0 Å². The molecule has 3 nitrogen and oxygen atoms in total. The minimum atomic E-state index is -2.38. The monoisotopic (exact) mass is 854 g/mol. The molecule has 0 saturated heterocycles. The molecule has 0 amide bonds. The average molecular weight is 855 g/mol. The molecular weight excluding hydrogens is 818 g/mol. The van der Waals surface area contributed by atoms with Gasteiger partial charge in [0.2, 0.25) is 0 Å². The zero-order chi connectivity index (χ0) is 34.2. The summed E-state index contributed by atoms with van der Waals surface area (Å²) in [7, 11) is -2.38. The minimum absolute atomic E-state index is 0.